The van der Waals surface area contributed by atoms with E-state index in [0.29, 0.717) is 0 Å². The van der Waals surface area contributed by atoms with E-state index in [1.807, 2.05) is 11.6 Å². The Balaban J connectivity index is 1.99. The van der Waals surface area contributed by atoms with E-state index in [1.54, 1.807) is 11.3 Å². The Bertz CT molecular complexity index is 252. The third-order valence-electron chi connectivity index (χ3n) is 2.55. The topological polar surface area (TPSA) is 37.0 Å². The molecule has 1 fully saturated rings. The lowest BCUT2D eigenvalue weighted by atomic mass is 9.91. The van der Waals surface area contributed by atoms with Crippen molar-refractivity contribution in [3.63, 3.8) is 0 Å². The van der Waals surface area contributed by atoms with Gasteiger partial charge in [0.1, 0.15) is 0 Å². The Morgan fingerprint density at radius 2 is 2.31 bits per heavy atom. The summed E-state index contributed by atoms with van der Waals surface area (Å²) in [5.74, 6) is 0. The number of aromatic nitrogens is 1. The fourth-order valence-electron chi connectivity index (χ4n) is 1.65. The van der Waals surface area contributed by atoms with E-state index in [1.165, 1.54) is 12.8 Å². The lowest BCUT2D eigenvalue weighted by Crippen LogP contribution is -2.45. The average molecular weight is 197 g/mol. The minimum absolute atomic E-state index is 0.239. The zero-order chi connectivity index (χ0) is 9.15. The van der Waals surface area contributed by atoms with E-state index >= 15 is 0 Å². The van der Waals surface area contributed by atoms with E-state index in [0.717, 1.165) is 18.2 Å². The summed E-state index contributed by atoms with van der Waals surface area (Å²) in [4.78, 5) is 4.24. The van der Waals surface area contributed by atoms with E-state index in [4.69, 9.17) is 0 Å². The third-order valence-corrected chi connectivity index (χ3v) is 3.24. The van der Waals surface area contributed by atoms with E-state index in [9.17, 15) is 0 Å². The molecule has 1 saturated heterocycles. The Morgan fingerprint density at radius 1 is 1.54 bits per heavy atom. The Hall–Kier alpha value is -0.610. The molecule has 2 rings (SSSR count). The van der Waals surface area contributed by atoms with Crippen molar-refractivity contribution >= 4 is 16.5 Å². The quantitative estimate of drug-likeness (QED) is 0.757. The lowest BCUT2D eigenvalue weighted by Gasteiger charge is -2.34. The highest BCUT2D eigenvalue weighted by molar-refractivity contribution is 7.13. The highest BCUT2D eigenvalue weighted by Gasteiger charge is 2.26. The van der Waals surface area contributed by atoms with Crippen LogP contribution >= 0.6 is 11.3 Å². The van der Waals surface area contributed by atoms with Crippen LogP contribution in [0.25, 0.3) is 0 Å². The second-order valence-corrected chi connectivity index (χ2v) is 4.67. The van der Waals surface area contributed by atoms with Gasteiger partial charge >= 0.3 is 0 Å². The number of anilines is 1. The first-order valence-corrected chi connectivity index (χ1v) is 5.55. The Labute approximate surface area is 82.6 Å². The van der Waals surface area contributed by atoms with Crippen molar-refractivity contribution in [1.82, 2.24) is 10.3 Å². The molecule has 0 unspecified atom stereocenters. The maximum atomic E-state index is 4.24. The van der Waals surface area contributed by atoms with Gasteiger partial charge in [-0.1, -0.05) is 0 Å². The zero-order valence-electron chi connectivity index (χ0n) is 7.84. The monoisotopic (exact) mass is 197 g/mol. The van der Waals surface area contributed by atoms with Gasteiger partial charge in [-0.15, -0.1) is 11.3 Å². The molecule has 3 nitrogen and oxygen atoms in total. The number of nitrogens with zero attached hydrogens (tertiary/aromatic N) is 1. The fourth-order valence-corrected chi connectivity index (χ4v) is 2.32. The van der Waals surface area contributed by atoms with Crippen molar-refractivity contribution in [3.05, 3.63) is 11.6 Å². The van der Waals surface area contributed by atoms with Gasteiger partial charge in [0.25, 0.3) is 0 Å². The number of hydrogen-bond acceptors (Lipinski definition) is 4. The summed E-state index contributed by atoms with van der Waals surface area (Å²) in [6.07, 6.45) is 4.19. The molecule has 13 heavy (non-hydrogen) atoms. The van der Waals surface area contributed by atoms with Crippen LogP contribution < -0.4 is 10.6 Å². The van der Waals surface area contributed by atoms with Crippen LogP contribution in [0.1, 0.15) is 19.8 Å². The first-order chi connectivity index (χ1) is 6.29. The van der Waals surface area contributed by atoms with Crippen LogP contribution in [0.2, 0.25) is 0 Å². The predicted molar refractivity (Wildman–Crippen MR) is 56.2 cm³/mol. The first-order valence-electron chi connectivity index (χ1n) is 4.67. The van der Waals surface area contributed by atoms with Gasteiger partial charge in [-0.25, -0.2) is 4.98 Å². The minimum Gasteiger partial charge on any atom is -0.356 e. The van der Waals surface area contributed by atoms with Crippen LogP contribution in [0.4, 0.5) is 5.13 Å². The highest BCUT2D eigenvalue weighted by atomic mass is 32.1. The molecule has 1 aromatic rings. The summed E-state index contributed by atoms with van der Waals surface area (Å²) in [6.45, 7) is 4.49. The molecule has 1 aliphatic rings. The van der Waals surface area contributed by atoms with Gasteiger partial charge in [-0.3, -0.25) is 0 Å². The minimum atomic E-state index is 0.239. The summed E-state index contributed by atoms with van der Waals surface area (Å²) >= 11 is 1.67. The second kappa shape index (κ2) is 3.64. The molecule has 1 aliphatic heterocycles. The van der Waals surface area contributed by atoms with Crippen molar-refractivity contribution in [2.75, 3.05) is 18.4 Å². The SMILES string of the molecule is CC1(Nc2nccs2)CCNCC1. The number of thiazole rings is 1. The van der Waals surface area contributed by atoms with Gasteiger partial charge in [0.05, 0.1) is 0 Å². The molecule has 72 valence electrons. The average Bonchev–Trinajstić information content (AvgIpc) is 2.57. The maximum absolute atomic E-state index is 4.24. The van der Waals surface area contributed by atoms with Crippen LogP contribution in [0.5, 0.6) is 0 Å². The maximum Gasteiger partial charge on any atom is 0.183 e. The summed E-state index contributed by atoms with van der Waals surface area (Å²) in [7, 11) is 0. The molecule has 0 saturated carbocycles. The molecule has 0 amide bonds. The van der Waals surface area contributed by atoms with E-state index < -0.39 is 0 Å². The molecule has 2 N–H and O–H groups in total. The lowest BCUT2D eigenvalue weighted by molar-refractivity contribution is 0.365. The van der Waals surface area contributed by atoms with Gasteiger partial charge in [-0.2, -0.15) is 0 Å². The summed E-state index contributed by atoms with van der Waals surface area (Å²) in [5, 5.41) is 9.92. The van der Waals surface area contributed by atoms with Crippen molar-refractivity contribution in [2.45, 2.75) is 25.3 Å². The fraction of sp³-hybridized carbons (Fsp3) is 0.667. The molecule has 0 aliphatic carbocycles. The van der Waals surface area contributed by atoms with Crippen LogP contribution in [0, 0.1) is 0 Å². The van der Waals surface area contributed by atoms with Crippen LogP contribution in [0.15, 0.2) is 11.6 Å². The highest BCUT2D eigenvalue weighted by Crippen LogP contribution is 2.24. The standard InChI is InChI=1S/C9H15N3S/c1-9(2-4-10-5-3-9)12-8-11-6-7-13-8/h6-7,10H,2-5H2,1H3,(H,11,12). The van der Waals surface area contributed by atoms with Gasteiger partial charge < -0.3 is 10.6 Å². The van der Waals surface area contributed by atoms with Crippen molar-refractivity contribution in [1.29, 1.82) is 0 Å². The largest absolute Gasteiger partial charge is 0.356 e. The number of nitrogens with one attached hydrogen (secondary N) is 2. The van der Waals surface area contributed by atoms with E-state index in [-0.39, 0.29) is 5.54 Å². The Kier molecular flexibility index (Phi) is 2.51. The summed E-state index contributed by atoms with van der Waals surface area (Å²) < 4.78 is 0. The van der Waals surface area contributed by atoms with Gasteiger partial charge in [-0.05, 0) is 32.9 Å². The molecule has 0 aromatic carbocycles. The van der Waals surface area contributed by atoms with Crippen LogP contribution in [-0.4, -0.2) is 23.6 Å². The Morgan fingerprint density at radius 3 is 2.92 bits per heavy atom. The molecular weight excluding hydrogens is 182 g/mol. The predicted octanol–water partition coefficient (Wildman–Crippen LogP) is 1.70. The summed E-state index contributed by atoms with van der Waals surface area (Å²) in [5.41, 5.74) is 0.239. The number of piperidine rings is 1. The van der Waals surface area contributed by atoms with Crippen molar-refractivity contribution in [2.24, 2.45) is 0 Å². The summed E-state index contributed by atoms with van der Waals surface area (Å²) in [6, 6.07) is 0. The second-order valence-electron chi connectivity index (χ2n) is 3.77. The third kappa shape index (κ3) is 2.19. The van der Waals surface area contributed by atoms with Crippen LogP contribution in [-0.2, 0) is 0 Å². The molecule has 1 aromatic heterocycles. The van der Waals surface area contributed by atoms with Gasteiger partial charge in [0.15, 0.2) is 5.13 Å². The van der Waals surface area contributed by atoms with Crippen molar-refractivity contribution < 1.29 is 0 Å². The van der Waals surface area contributed by atoms with Gasteiger partial charge in [0.2, 0.25) is 0 Å². The molecule has 2 heterocycles. The molecule has 0 radical (unpaired) electrons. The number of hydrogen-bond donors (Lipinski definition) is 2. The molecule has 0 atom stereocenters. The molecular formula is C9H15N3S. The zero-order valence-corrected chi connectivity index (χ0v) is 8.66. The van der Waals surface area contributed by atoms with Gasteiger partial charge in [0, 0.05) is 17.1 Å². The van der Waals surface area contributed by atoms with E-state index in [2.05, 4.69) is 22.5 Å². The molecule has 0 spiro atoms. The van der Waals surface area contributed by atoms with Crippen molar-refractivity contribution in [3.8, 4) is 0 Å². The smallest absolute Gasteiger partial charge is 0.183 e. The first kappa shape index (κ1) is 8.97. The number of rotatable bonds is 2. The normalized spacial score (nSPS) is 21.3. The molecule has 4 heteroatoms. The molecule has 0 bridgehead atoms. The van der Waals surface area contributed by atoms with Crippen LogP contribution in [0.3, 0.4) is 0 Å².